The third kappa shape index (κ3) is 4.00. The van der Waals surface area contributed by atoms with Gasteiger partial charge >= 0.3 is 0 Å². The van der Waals surface area contributed by atoms with Gasteiger partial charge in [-0.15, -0.1) is 11.8 Å². The molecule has 1 aliphatic carbocycles. The van der Waals surface area contributed by atoms with Crippen LogP contribution < -0.4 is 0 Å². The second kappa shape index (κ2) is 8.80. The van der Waals surface area contributed by atoms with Crippen LogP contribution in [0.1, 0.15) is 64.4 Å². The predicted molar refractivity (Wildman–Crippen MR) is 105 cm³/mol. The Morgan fingerprint density at radius 2 is 2.00 bits per heavy atom. The van der Waals surface area contributed by atoms with Crippen LogP contribution in [0.3, 0.4) is 0 Å². The van der Waals surface area contributed by atoms with Crippen molar-refractivity contribution >= 4 is 29.0 Å². The summed E-state index contributed by atoms with van der Waals surface area (Å²) < 4.78 is -0.784. The Kier molecular flexibility index (Phi) is 6.98. The molecule has 0 saturated heterocycles. The van der Waals surface area contributed by atoms with Crippen molar-refractivity contribution in [2.75, 3.05) is 5.75 Å². The zero-order valence-corrected chi connectivity index (χ0v) is 16.5. The van der Waals surface area contributed by atoms with Crippen molar-refractivity contribution in [3.63, 3.8) is 0 Å². The van der Waals surface area contributed by atoms with E-state index in [-0.39, 0.29) is 29.1 Å². The van der Waals surface area contributed by atoms with Crippen LogP contribution in [-0.4, -0.2) is 27.0 Å². The van der Waals surface area contributed by atoms with Gasteiger partial charge in [0.05, 0.1) is 9.67 Å². The molecule has 1 aromatic carbocycles. The van der Waals surface area contributed by atoms with Crippen LogP contribution in [0.15, 0.2) is 24.3 Å². The first-order valence-corrected chi connectivity index (χ1v) is 10.2. The summed E-state index contributed by atoms with van der Waals surface area (Å²) in [6, 6.07) is 6.50. The van der Waals surface area contributed by atoms with Crippen molar-refractivity contribution in [2.24, 2.45) is 5.92 Å². The van der Waals surface area contributed by atoms with Crippen LogP contribution in [0.25, 0.3) is 0 Å². The van der Waals surface area contributed by atoms with Gasteiger partial charge in [-0.05, 0) is 38.0 Å². The van der Waals surface area contributed by atoms with E-state index in [4.69, 9.17) is 0 Å². The maximum Gasteiger partial charge on any atom is 0.269 e. The molecule has 0 amide bonds. The van der Waals surface area contributed by atoms with E-state index in [0.717, 1.165) is 37.0 Å². The topological polar surface area (TPSA) is 77.3 Å². The average Bonchev–Trinajstić information content (AvgIpc) is 2.56. The first-order valence-electron chi connectivity index (χ1n) is 9.24. The minimum Gasteiger partial charge on any atom is -0.300 e. The zero-order valence-electron chi connectivity index (χ0n) is 15.7. The molecule has 26 heavy (non-hydrogen) atoms. The van der Waals surface area contributed by atoms with E-state index in [1.807, 2.05) is 6.07 Å². The highest BCUT2D eigenvalue weighted by Gasteiger charge is 2.60. The van der Waals surface area contributed by atoms with E-state index in [9.17, 15) is 19.7 Å². The molecule has 1 fully saturated rings. The van der Waals surface area contributed by atoms with Gasteiger partial charge in [-0.3, -0.25) is 19.7 Å². The molecule has 1 saturated carbocycles. The van der Waals surface area contributed by atoms with Gasteiger partial charge in [0.15, 0.2) is 0 Å². The molecular formula is C20H27NO4S. The van der Waals surface area contributed by atoms with Gasteiger partial charge < -0.3 is 0 Å². The maximum atomic E-state index is 12.7. The molecule has 3 atom stereocenters. The van der Waals surface area contributed by atoms with Gasteiger partial charge in [-0.2, -0.15) is 0 Å². The zero-order chi connectivity index (χ0) is 19.3. The molecule has 2 rings (SSSR count). The number of carbonyl (C=O) groups excluding carboxylic acids is 2. The van der Waals surface area contributed by atoms with Gasteiger partial charge in [-0.25, -0.2) is 0 Å². The van der Waals surface area contributed by atoms with Crippen molar-refractivity contribution in [1.29, 1.82) is 0 Å². The first-order chi connectivity index (χ1) is 12.3. The molecule has 0 N–H and O–H groups in total. The second-order valence-corrected chi connectivity index (χ2v) is 8.43. The Balaban J connectivity index is 2.29. The number of Topliss-reactive ketones (excluding diaryl/α,β-unsaturated/α-hetero) is 2. The fourth-order valence-corrected chi connectivity index (χ4v) is 5.72. The lowest BCUT2D eigenvalue weighted by Gasteiger charge is -2.53. The first kappa shape index (κ1) is 20.6. The van der Waals surface area contributed by atoms with E-state index in [1.165, 1.54) is 6.07 Å². The Bertz CT molecular complexity index is 690. The molecular weight excluding hydrogens is 350 g/mol. The maximum absolute atomic E-state index is 12.7. The third-order valence-electron chi connectivity index (χ3n) is 5.37. The van der Waals surface area contributed by atoms with Gasteiger partial charge in [0.25, 0.3) is 5.69 Å². The molecule has 0 radical (unpaired) electrons. The molecule has 1 aliphatic rings. The number of nitro benzene ring substituents is 1. The van der Waals surface area contributed by atoms with E-state index in [2.05, 4.69) is 6.92 Å². The van der Waals surface area contributed by atoms with E-state index in [1.54, 1.807) is 37.7 Å². The molecule has 6 heteroatoms. The Hall–Kier alpha value is -1.69. The van der Waals surface area contributed by atoms with Crippen LogP contribution in [0.5, 0.6) is 0 Å². The highest BCUT2D eigenvalue weighted by atomic mass is 32.2. The average molecular weight is 378 g/mol. The minimum absolute atomic E-state index is 0.000877. The molecule has 0 heterocycles. The molecule has 0 bridgehead atoms. The lowest BCUT2D eigenvalue weighted by molar-refractivity contribution is -0.384. The minimum atomic E-state index is -0.784. The van der Waals surface area contributed by atoms with E-state index < -0.39 is 9.67 Å². The van der Waals surface area contributed by atoms with Gasteiger partial charge in [-0.1, -0.05) is 38.3 Å². The molecule has 5 nitrogen and oxygen atoms in total. The number of nitrogens with zero attached hydrogens (tertiary/aromatic N) is 1. The molecule has 1 aromatic rings. The summed E-state index contributed by atoms with van der Waals surface area (Å²) in [5.41, 5.74) is 0.812. The van der Waals surface area contributed by atoms with Crippen LogP contribution in [-0.2, 0) is 9.59 Å². The van der Waals surface area contributed by atoms with E-state index >= 15 is 0 Å². The van der Waals surface area contributed by atoms with E-state index in [0.29, 0.717) is 6.42 Å². The third-order valence-corrected chi connectivity index (χ3v) is 7.20. The smallest absolute Gasteiger partial charge is 0.269 e. The summed E-state index contributed by atoms with van der Waals surface area (Å²) in [5, 5.41) is 11.1. The summed E-state index contributed by atoms with van der Waals surface area (Å²) in [7, 11) is 0. The quantitative estimate of drug-likeness (QED) is 0.328. The second-order valence-electron chi connectivity index (χ2n) is 7.06. The monoisotopic (exact) mass is 377 g/mol. The number of non-ortho nitro benzene ring substituents is 1. The number of unbranched alkanes of at least 4 members (excludes halogenated alkanes) is 3. The fourth-order valence-electron chi connectivity index (χ4n) is 3.94. The number of thioether (sulfide) groups is 1. The van der Waals surface area contributed by atoms with Crippen LogP contribution in [0, 0.1) is 16.0 Å². The number of hydrogen-bond donors (Lipinski definition) is 0. The summed E-state index contributed by atoms with van der Waals surface area (Å²) >= 11 is 1.58. The summed E-state index contributed by atoms with van der Waals surface area (Å²) in [5.74, 6) is 0.406. The fraction of sp³-hybridized carbons (Fsp3) is 0.600. The number of nitro groups is 1. The Morgan fingerprint density at radius 1 is 1.27 bits per heavy atom. The molecule has 0 aliphatic heterocycles. The summed E-state index contributed by atoms with van der Waals surface area (Å²) in [6.07, 6.45) is 5.02. The lowest BCUT2D eigenvalue weighted by Crippen LogP contribution is -2.59. The van der Waals surface area contributed by atoms with Crippen molar-refractivity contribution in [1.82, 2.24) is 0 Å². The molecule has 0 unspecified atom stereocenters. The van der Waals surface area contributed by atoms with Crippen molar-refractivity contribution in [3.05, 3.63) is 39.9 Å². The largest absolute Gasteiger partial charge is 0.300 e. The predicted octanol–water partition coefficient (Wildman–Crippen LogP) is 4.93. The number of rotatable bonds is 10. The van der Waals surface area contributed by atoms with Crippen LogP contribution in [0.2, 0.25) is 0 Å². The number of hydrogen-bond acceptors (Lipinski definition) is 5. The molecule has 0 spiro atoms. The normalized spacial score (nSPS) is 24.7. The van der Waals surface area contributed by atoms with Crippen molar-refractivity contribution < 1.29 is 14.5 Å². The Labute approximate surface area is 159 Å². The van der Waals surface area contributed by atoms with Crippen LogP contribution >= 0.6 is 11.8 Å². The SMILES string of the molecule is CCCCCCS[C@]1(C(C)=O)[C@@H](C(C)=O)C[C@@H]1c1cccc([N+](=O)[O-])c1. The standard InChI is InChI=1S/C20H27NO4S/c1-4-5-6-7-11-26-20(15(3)23)18(14(2)22)13-19(20)16-9-8-10-17(12-16)21(24)25/h8-10,12,18-19H,4-7,11,13H2,1-3H3/t18-,19-,20-/m1/s1. The number of benzene rings is 1. The Morgan fingerprint density at radius 3 is 2.58 bits per heavy atom. The molecule has 142 valence electrons. The summed E-state index contributed by atoms with van der Waals surface area (Å²) in [6.45, 7) is 5.25. The molecule has 0 aromatic heterocycles. The van der Waals surface area contributed by atoms with Crippen molar-refractivity contribution in [2.45, 2.75) is 63.5 Å². The van der Waals surface area contributed by atoms with Gasteiger partial charge in [0, 0.05) is 24.0 Å². The van der Waals surface area contributed by atoms with Gasteiger partial charge in [0.2, 0.25) is 0 Å². The van der Waals surface area contributed by atoms with Crippen LogP contribution in [0.4, 0.5) is 5.69 Å². The lowest BCUT2D eigenvalue weighted by atomic mass is 9.58. The van der Waals surface area contributed by atoms with Gasteiger partial charge in [0.1, 0.15) is 11.6 Å². The number of ketones is 2. The highest BCUT2D eigenvalue weighted by Crippen LogP contribution is 2.59. The highest BCUT2D eigenvalue weighted by molar-refractivity contribution is 8.01. The van der Waals surface area contributed by atoms with Crippen molar-refractivity contribution in [3.8, 4) is 0 Å². The number of carbonyl (C=O) groups is 2. The summed E-state index contributed by atoms with van der Waals surface area (Å²) in [4.78, 5) is 35.5.